The fourth-order valence-corrected chi connectivity index (χ4v) is 2.46. The van der Waals surface area contributed by atoms with Crippen LogP contribution in [0.2, 0.25) is 0 Å². The Balaban J connectivity index is 2.16. The molecule has 4 heteroatoms. The van der Waals surface area contributed by atoms with Gasteiger partial charge in [0.2, 0.25) is 0 Å². The largest absolute Gasteiger partial charge is 0.497 e. The lowest BCUT2D eigenvalue weighted by atomic mass is 10.1. The van der Waals surface area contributed by atoms with Gasteiger partial charge in [0.05, 0.1) is 12.8 Å². The van der Waals surface area contributed by atoms with E-state index < -0.39 is 0 Å². The molecule has 0 saturated carbocycles. The predicted molar refractivity (Wildman–Crippen MR) is 87.0 cm³/mol. The van der Waals surface area contributed by atoms with Crippen LogP contribution in [0.5, 0.6) is 5.75 Å². The molecule has 0 aliphatic heterocycles. The lowest BCUT2D eigenvalue weighted by Crippen LogP contribution is -2.05. The normalized spacial score (nSPS) is 10.2. The molecule has 104 valence electrons. The third kappa shape index (κ3) is 3.39. The fourth-order valence-electron chi connectivity index (χ4n) is 1.95. The summed E-state index contributed by atoms with van der Waals surface area (Å²) in [6, 6.07) is 13.8. The van der Waals surface area contributed by atoms with E-state index in [-0.39, 0.29) is 0 Å². The Bertz CT molecular complexity index is 608. The zero-order valence-corrected chi connectivity index (χ0v) is 13.1. The standard InChI is InChI=1S/C16H17BrN2O/c1-11(18)14-4-3-5-15(17)16(14)19-10-12-6-8-13(20-2)9-7-12/h3-9,18-19H,10H2,1-2H3. The monoisotopic (exact) mass is 332 g/mol. The number of ether oxygens (including phenoxy) is 1. The third-order valence-corrected chi connectivity index (χ3v) is 3.71. The molecule has 0 radical (unpaired) electrons. The van der Waals surface area contributed by atoms with Crippen LogP contribution < -0.4 is 10.1 Å². The van der Waals surface area contributed by atoms with Crippen molar-refractivity contribution in [2.45, 2.75) is 13.5 Å². The Morgan fingerprint density at radius 3 is 2.50 bits per heavy atom. The highest BCUT2D eigenvalue weighted by Crippen LogP contribution is 2.27. The zero-order valence-electron chi connectivity index (χ0n) is 11.5. The van der Waals surface area contributed by atoms with E-state index >= 15 is 0 Å². The van der Waals surface area contributed by atoms with E-state index in [1.807, 2.05) is 42.5 Å². The Morgan fingerprint density at radius 1 is 1.20 bits per heavy atom. The second kappa shape index (κ2) is 6.57. The van der Waals surface area contributed by atoms with Crippen LogP contribution in [0, 0.1) is 5.41 Å². The van der Waals surface area contributed by atoms with Gasteiger partial charge in [0.1, 0.15) is 5.75 Å². The maximum absolute atomic E-state index is 7.83. The molecule has 0 aromatic heterocycles. The van der Waals surface area contributed by atoms with Crippen molar-refractivity contribution in [1.29, 1.82) is 5.41 Å². The summed E-state index contributed by atoms with van der Waals surface area (Å²) in [4.78, 5) is 0. The summed E-state index contributed by atoms with van der Waals surface area (Å²) in [7, 11) is 1.66. The summed E-state index contributed by atoms with van der Waals surface area (Å²) >= 11 is 3.53. The first-order valence-electron chi connectivity index (χ1n) is 6.32. The summed E-state index contributed by atoms with van der Waals surface area (Å²) in [5.74, 6) is 0.852. The average molecular weight is 333 g/mol. The number of methoxy groups -OCH3 is 1. The van der Waals surface area contributed by atoms with Gasteiger partial charge in [-0.15, -0.1) is 0 Å². The SMILES string of the molecule is COc1ccc(CNc2c(Br)cccc2C(C)=N)cc1. The van der Waals surface area contributed by atoms with Crippen molar-refractivity contribution in [2.24, 2.45) is 0 Å². The van der Waals surface area contributed by atoms with Crippen molar-refractivity contribution in [3.05, 3.63) is 58.1 Å². The number of halogens is 1. The average Bonchev–Trinajstić information content (AvgIpc) is 2.46. The summed E-state index contributed by atoms with van der Waals surface area (Å²) < 4.78 is 6.11. The van der Waals surface area contributed by atoms with Crippen molar-refractivity contribution in [2.75, 3.05) is 12.4 Å². The molecule has 0 aliphatic carbocycles. The van der Waals surface area contributed by atoms with E-state index in [4.69, 9.17) is 10.1 Å². The minimum absolute atomic E-state index is 0.545. The van der Waals surface area contributed by atoms with E-state index in [9.17, 15) is 0 Å². The summed E-state index contributed by atoms with van der Waals surface area (Å²) in [6.07, 6.45) is 0. The van der Waals surface area contributed by atoms with Gasteiger partial charge in [-0.25, -0.2) is 0 Å². The molecule has 0 amide bonds. The van der Waals surface area contributed by atoms with E-state index in [0.717, 1.165) is 27.0 Å². The van der Waals surface area contributed by atoms with Crippen molar-refractivity contribution < 1.29 is 4.74 Å². The first-order valence-corrected chi connectivity index (χ1v) is 7.12. The fraction of sp³-hybridized carbons (Fsp3) is 0.188. The topological polar surface area (TPSA) is 45.1 Å². The van der Waals surface area contributed by atoms with Gasteiger partial charge in [-0.3, -0.25) is 0 Å². The minimum atomic E-state index is 0.545. The number of para-hydroxylation sites is 1. The Labute approximate surface area is 127 Å². The Morgan fingerprint density at radius 2 is 1.90 bits per heavy atom. The van der Waals surface area contributed by atoms with Crippen molar-refractivity contribution >= 4 is 27.3 Å². The highest BCUT2D eigenvalue weighted by molar-refractivity contribution is 9.10. The summed E-state index contributed by atoms with van der Waals surface area (Å²) in [5, 5.41) is 11.2. The van der Waals surface area contributed by atoms with Crippen molar-refractivity contribution in [3.8, 4) is 5.75 Å². The van der Waals surface area contributed by atoms with Gasteiger partial charge in [-0.05, 0) is 46.6 Å². The number of benzene rings is 2. The van der Waals surface area contributed by atoms with Crippen LogP contribution in [0.15, 0.2) is 46.9 Å². The Hall–Kier alpha value is -1.81. The lowest BCUT2D eigenvalue weighted by molar-refractivity contribution is 0.414. The van der Waals surface area contributed by atoms with Crippen molar-refractivity contribution in [1.82, 2.24) is 0 Å². The van der Waals surface area contributed by atoms with Gasteiger partial charge >= 0.3 is 0 Å². The highest BCUT2D eigenvalue weighted by Gasteiger charge is 2.08. The number of hydrogen-bond acceptors (Lipinski definition) is 3. The quantitative estimate of drug-likeness (QED) is 0.794. The Kier molecular flexibility index (Phi) is 4.79. The maximum atomic E-state index is 7.83. The van der Waals surface area contributed by atoms with Crippen LogP contribution in [0.3, 0.4) is 0 Å². The molecular weight excluding hydrogens is 316 g/mol. The summed E-state index contributed by atoms with van der Waals surface area (Å²) in [5.41, 5.74) is 3.57. The molecule has 0 spiro atoms. The van der Waals surface area contributed by atoms with Crippen LogP contribution in [-0.2, 0) is 6.54 Å². The van der Waals surface area contributed by atoms with Gasteiger partial charge < -0.3 is 15.5 Å². The maximum Gasteiger partial charge on any atom is 0.118 e. The molecule has 3 nitrogen and oxygen atoms in total. The zero-order chi connectivity index (χ0) is 14.5. The van der Waals surface area contributed by atoms with E-state index in [1.54, 1.807) is 14.0 Å². The molecule has 20 heavy (non-hydrogen) atoms. The smallest absolute Gasteiger partial charge is 0.118 e. The van der Waals surface area contributed by atoms with Crippen LogP contribution >= 0.6 is 15.9 Å². The second-order valence-electron chi connectivity index (χ2n) is 4.49. The second-order valence-corrected chi connectivity index (χ2v) is 5.34. The van der Waals surface area contributed by atoms with Crippen LogP contribution in [0.1, 0.15) is 18.1 Å². The number of anilines is 1. The van der Waals surface area contributed by atoms with E-state index in [1.165, 1.54) is 0 Å². The summed E-state index contributed by atoms with van der Waals surface area (Å²) in [6.45, 7) is 2.49. The van der Waals surface area contributed by atoms with Gasteiger partial charge in [-0.2, -0.15) is 0 Å². The van der Waals surface area contributed by atoms with Gasteiger partial charge in [0, 0.05) is 22.3 Å². The molecule has 0 bridgehead atoms. The number of nitrogens with one attached hydrogen (secondary N) is 2. The van der Waals surface area contributed by atoms with Crippen molar-refractivity contribution in [3.63, 3.8) is 0 Å². The molecule has 0 aliphatic rings. The molecular formula is C16H17BrN2O. The highest BCUT2D eigenvalue weighted by atomic mass is 79.9. The molecule has 2 N–H and O–H groups in total. The molecule has 0 atom stereocenters. The van der Waals surface area contributed by atoms with E-state index in [2.05, 4.69) is 21.2 Å². The third-order valence-electron chi connectivity index (χ3n) is 3.05. The van der Waals surface area contributed by atoms with Crippen LogP contribution in [-0.4, -0.2) is 12.8 Å². The molecule has 2 aromatic rings. The van der Waals surface area contributed by atoms with Crippen LogP contribution in [0.4, 0.5) is 5.69 Å². The molecule has 0 heterocycles. The molecule has 2 rings (SSSR count). The molecule has 0 fully saturated rings. The van der Waals surface area contributed by atoms with E-state index in [0.29, 0.717) is 12.3 Å². The van der Waals surface area contributed by atoms with Gasteiger partial charge in [-0.1, -0.05) is 24.3 Å². The molecule has 2 aromatic carbocycles. The first kappa shape index (κ1) is 14.6. The number of rotatable bonds is 5. The molecule has 0 saturated heterocycles. The lowest BCUT2D eigenvalue weighted by Gasteiger charge is -2.13. The minimum Gasteiger partial charge on any atom is -0.497 e. The van der Waals surface area contributed by atoms with Gasteiger partial charge in [0.15, 0.2) is 0 Å². The first-order chi connectivity index (χ1) is 9.61. The van der Waals surface area contributed by atoms with Gasteiger partial charge in [0.25, 0.3) is 0 Å². The number of hydrogen-bond donors (Lipinski definition) is 2. The predicted octanol–water partition coefficient (Wildman–Crippen LogP) is 4.46. The van der Waals surface area contributed by atoms with Crippen LogP contribution in [0.25, 0.3) is 0 Å². The molecule has 0 unspecified atom stereocenters.